The van der Waals surface area contributed by atoms with Crippen molar-refractivity contribution in [2.24, 2.45) is 0 Å². The number of benzene rings is 1. The maximum absolute atomic E-state index is 5.68. The lowest BCUT2D eigenvalue weighted by molar-refractivity contribution is 0.473. The highest BCUT2D eigenvalue weighted by Gasteiger charge is 2.10. The first-order valence-electron chi connectivity index (χ1n) is 4.93. The normalized spacial score (nSPS) is 10.8. The first-order valence-corrected chi connectivity index (χ1v) is 6.78. The molecule has 0 aliphatic rings. The van der Waals surface area contributed by atoms with Crippen LogP contribution in [0.25, 0.3) is 0 Å². The van der Waals surface area contributed by atoms with E-state index in [9.17, 15) is 0 Å². The van der Waals surface area contributed by atoms with Crippen LogP contribution in [0.2, 0.25) is 0 Å². The fourth-order valence-corrected chi connectivity index (χ4v) is 2.30. The minimum atomic E-state index is 0.337. The number of ether oxygens (including phenoxy) is 1. The van der Waals surface area contributed by atoms with Gasteiger partial charge < -0.3 is 4.74 Å². The van der Waals surface area contributed by atoms with Gasteiger partial charge in [-0.05, 0) is 34.7 Å². The third kappa shape index (κ3) is 2.70. The topological polar surface area (TPSA) is 35.0 Å². The Balaban J connectivity index is 2.18. The molecule has 0 amide bonds. The van der Waals surface area contributed by atoms with E-state index in [1.165, 1.54) is 11.5 Å². The second kappa shape index (κ2) is 5.09. The molecule has 2 rings (SSSR count). The van der Waals surface area contributed by atoms with E-state index in [2.05, 4.69) is 45.8 Å². The third-order valence-electron chi connectivity index (χ3n) is 1.97. The zero-order valence-electron chi connectivity index (χ0n) is 8.98. The van der Waals surface area contributed by atoms with Gasteiger partial charge in [-0.3, -0.25) is 0 Å². The minimum Gasteiger partial charge on any atom is -0.429 e. The number of aromatic nitrogens is 2. The summed E-state index contributed by atoms with van der Waals surface area (Å²) in [5.74, 6) is 2.00. The average molecular weight is 346 g/mol. The molecule has 0 unspecified atom stereocenters. The zero-order chi connectivity index (χ0) is 11.5. The van der Waals surface area contributed by atoms with Gasteiger partial charge in [0.25, 0.3) is 5.19 Å². The summed E-state index contributed by atoms with van der Waals surface area (Å²) in [6.45, 7) is 4.14. The molecule has 5 heteroatoms. The Morgan fingerprint density at radius 1 is 1.31 bits per heavy atom. The summed E-state index contributed by atoms with van der Waals surface area (Å²) in [7, 11) is 0. The second-order valence-corrected chi connectivity index (χ2v) is 5.48. The Bertz CT molecular complexity index is 484. The van der Waals surface area contributed by atoms with Crippen molar-refractivity contribution >= 4 is 34.1 Å². The van der Waals surface area contributed by atoms with Crippen LogP contribution >= 0.6 is 34.1 Å². The van der Waals surface area contributed by atoms with E-state index in [4.69, 9.17) is 4.74 Å². The number of hydrogen-bond donors (Lipinski definition) is 0. The molecule has 1 aromatic carbocycles. The van der Waals surface area contributed by atoms with Crippen molar-refractivity contribution in [3.8, 4) is 10.9 Å². The second-order valence-electron chi connectivity index (χ2n) is 3.61. The standard InChI is InChI=1S/C11H11IN2OS/c1-7(2)10-13-11(16-14-10)15-9-6-4-3-5-8(9)12/h3-7H,1-2H3. The molecule has 0 N–H and O–H groups in total. The van der Waals surface area contributed by atoms with Crippen LogP contribution in [0.4, 0.5) is 0 Å². The predicted molar refractivity (Wildman–Crippen MR) is 73.2 cm³/mol. The monoisotopic (exact) mass is 346 g/mol. The van der Waals surface area contributed by atoms with Crippen LogP contribution in [0.3, 0.4) is 0 Å². The van der Waals surface area contributed by atoms with Crippen LogP contribution in [0, 0.1) is 3.57 Å². The number of rotatable bonds is 3. The van der Waals surface area contributed by atoms with Gasteiger partial charge in [-0.1, -0.05) is 26.0 Å². The van der Waals surface area contributed by atoms with Crippen molar-refractivity contribution in [1.29, 1.82) is 0 Å². The van der Waals surface area contributed by atoms with E-state index in [1.807, 2.05) is 24.3 Å². The molecule has 0 bridgehead atoms. The van der Waals surface area contributed by atoms with Crippen molar-refractivity contribution < 1.29 is 4.74 Å². The lowest BCUT2D eigenvalue weighted by Gasteiger charge is -2.02. The van der Waals surface area contributed by atoms with Gasteiger partial charge in [0.15, 0.2) is 0 Å². The van der Waals surface area contributed by atoms with E-state index in [1.54, 1.807) is 0 Å². The lowest BCUT2D eigenvalue weighted by atomic mass is 10.2. The van der Waals surface area contributed by atoms with Crippen molar-refractivity contribution in [1.82, 2.24) is 9.36 Å². The number of para-hydroxylation sites is 1. The summed E-state index contributed by atoms with van der Waals surface area (Å²) in [6, 6.07) is 7.86. The number of nitrogens with zero attached hydrogens (tertiary/aromatic N) is 2. The number of hydrogen-bond acceptors (Lipinski definition) is 4. The first-order chi connectivity index (χ1) is 7.66. The summed E-state index contributed by atoms with van der Waals surface area (Å²) >= 11 is 3.53. The molecule has 0 spiro atoms. The molecular formula is C11H11IN2OS. The lowest BCUT2D eigenvalue weighted by Crippen LogP contribution is -1.90. The van der Waals surface area contributed by atoms with Crippen molar-refractivity contribution in [2.75, 3.05) is 0 Å². The van der Waals surface area contributed by atoms with Gasteiger partial charge >= 0.3 is 0 Å². The summed E-state index contributed by atoms with van der Waals surface area (Å²) in [5.41, 5.74) is 0. The van der Waals surface area contributed by atoms with E-state index >= 15 is 0 Å². The van der Waals surface area contributed by atoms with Crippen LogP contribution in [0.15, 0.2) is 24.3 Å². The molecule has 16 heavy (non-hydrogen) atoms. The molecule has 84 valence electrons. The van der Waals surface area contributed by atoms with E-state index in [0.29, 0.717) is 11.1 Å². The van der Waals surface area contributed by atoms with Crippen LogP contribution in [0.1, 0.15) is 25.6 Å². The van der Waals surface area contributed by atoms with Crippen molar-refractivity contribution in [3.63, 3.8) is 0 Å². The van der Waals surface area contributed by atoms with Crippen LogP contribution < -0.4 is 4.74 Å². The Morgan fingerprint density at radius 2 is 2.06 bits per heavy atom. The average Bonchev–Trinajstić information content (AvgIpc) is 2.70. The van der Waals surface area contributed by atoms with Gasteiger partial charge in [-0.2, -0.15) is 9.36 Å². The highest BCUT2D eigenvalue weighted by molar-refractivity contribution is 14.1. The highest BCUT2D eigenvalue weighted by Crippen LogP contribution is 2.28. The summed E-state index contributed by atoms with van der Waals surface area (Å²) in [4.78, 5) is 4.33. The van der Waals surface area contributed by atoms with E-state index in [0.717, 1.165) is 15.1 Å². The minimum absolute atomic E-state index is 0.337. The maximum Gasteiger partial charge on any atom is 0.298 e. The van der Waals surface area contributed by atoms with Gasteiger partial charge in [0.2, 0.25) is 0 Å². The SMILES string of the molecule is CC(C)c1nsc(Oc2ccccc2I)n1. The fraction of sp³-hybridized carbons (Fsp3) is 0.273. The quantitative estimate of drug-likeness (QED) is 0.787. The van der Waals surface area contributed by atoms with E-state index in [-0.39, 0.29) is 0 Å². The molecule has 0 saturated heterocycles. The molecule has 0 aliphatic heterocycles. The van der Waals surface area contributed by atoms with Gasteiger partial charge in [0, 0.05) is 17.5 Å². The smallest absolute Gasteiger partial charge is 0.298 e. The summed E-state index contributed by atoms with van der Waals surface area (Å²) < 4.78 is 11.0. The molecule has 1 aromatic heterocycles. The van der Waals surface area contributed by atoms with Crippen molar-refractivity contribution in [3.05, 3.63) is 33.7 Å². The molecule has 1 heterocycles. The number of halogens is 1. The Morgan fingerprint density at radius 3 is 2.69 bits per heavy atom. The molecule has 0 atom stereocenters. The molecule has 0 aliphatic carbocycles. The Kier molecular flexibility index (Phi) is 3.75. The maximum atomic E-state index is 5.68. The van der Waals surface area contributed by atoms with Gasteiger partial charge in [-0.15, -0.1) is 0 Å². The predicted octanol–water partition coefficient (Wildman–Crippen LogP) is 4.06. The first kappa shape index (κ1) is 11.8. The zero-order valence-corrected chi connectivity index (χ0v) is 11.9. The summed E-state index contributed by atoms with van der Waals surface area (Å²) in [5, 5.41) is 0.604. The molecule has 0 radical (unpaired) electrons. The van der Waals surface area contributed by atoms with Crippen LogP contribution in [-0.4, -0.2) is 9.36 Å². The molecule has 0 saturated carbocycles. The Hall–Kier alpha value is -0.690. The fourth-order valence-electron chi connectivity index (χ4n) is 1.12. The largest absolute Gasteiger partial charge is 0.429 e. The summed E-state index contributed by atoms with van der Waals surface area (Å²) in [6.07, 6.45) is 0. The molecule has 3 nitrogen and oxygen atoms in total. The van der Waals surface area contributed by atoms with Gasteiger partial charge in [-0.25, -0.2) is 0 Å². The van der Waals surface area contributed by atoms with E-state index < -0.39 is 0 Å². The third-order valence-corrected chi connectivity index (χ3v) is 3.47. The van der Waals surface area contributed by atoms with Crippen molar-refractivity contribution in [2.45, 2.75) is 19.8 Å². The van der Waals surface area contributed by atoms with Crippen LogP contribution in [-0.2, 0) is 0 Å². The Labute approximate surface area is 112 Å². The molecular weight excluding hydrogens is 335 g/mol. The van der Waals surface area contributed by atoms with Gasteiger partial charge in [0.1, 0.15) is 11.6 Å². The molecule has 0 fully saturated rings. The molecule has 2 aromatic rings. The van der Waals surface area contributed by atoms with Gasteiger partial charge in [0.05, 0.1) is 3.57 Å². The highest BCUT2D eigenvalue weighted by atomic mass is 127. The van der Waals surface area contributed by atoms with Crippen LogP contribution in [0.5, 0.6) is 10.9 Å².